The molecule has 2 fully saturated rings. The van der Waals surface area contributed by atoms with Crippen LogP contribution in [0.15, 0.2) is 59.4 Å². The molecular weight excluding hydrogens is 503 g/mol. The van der Waals surface area contributed by atoms with Gasteiger partial charge in [0.25, 0.3) is 11.5 Å². The quantitative estimate of drug-likeness (QED) is 0.500. The number of carbonyl (C=O) groups is 3. The number of carbonyl (C=O) groups excluding carboxylic acids is 3. The number of nitrogens with zero attached hydrogens (tertiary/aromatic N) is 3. The molecule has 2 aromatic carbocycles. The topological polar surface area (TPSA) is 113 Å². The molecule has 1 saturated heterocycles. The van der Waals surface area contributed by atoms with E-state index in [1.54, 1.807) is 35.2 Å². The Labute approximate surface area is 223 Å². The van der Waals surface area contributed by atoms with E-state index in [0.717, 1.165) is 34.4 Å². The van der Waals surface area contributed by atoms with Crippen molar-refractivity contribution in [2.45, 2.75) is 50.8 Å². The molecule has 10 heteroatoms. The summed E-state index contributed by atoms with van der Waals surface area (Å²) in [6.07, 6.45) is 1.96. The number of hydrogen-bond donors (Lipinski definition) is 1. The van der Waals surface area contributed by atoms with Gasteiger partial charge in [-0.3, -0.25) is 14.4 Å². The van der Waals surface area contributed by atoms with E-state index in [9.17, 15) is 23.6 Å². The summed E-state index contributed by atoms with van der Waals surface area (Å²) in [7, 11) is 0. The van der Waals surface area contributed by atoms with Gasteiger partial charge in [-0.25, -0.2) is 19.2 Å². The Morgan fingerprint density at radius 2 is 1.92 bits per heavy atom. The maximum Gasteiger partial charge on any atom is 0.418 e. The van der Waals surface area contributed by atoms with Crippen LogP contribution in [0.4, 0.5) is 9.18 Å². The molecule has 2 heterocycles. The Bertz CT molecular complexity index is 1510. The van der Waals surface area contributed by atoms with Crippen LogP contribution in [0.1, 0.15) is 42.9 Å². The highest BCUT2D eigenvalue weighted by Crippen LogP contribution is 2.46. The number of rotatable bonds is 7. The van der Waals surface area contributed by atoms with Gasteiger partial charge in [0.1, 0.15) is 12.4 Å². The van der Waals surface area contributed by atoms with Crippen molar-refractivity contribution in [1.82, 2.24) is 20.0 Å². The highest BCUT2D eigenvalue weighted by molar-refractivity contribution is 6.06. The lowest BCUT2D eigenvalue weighted by atomic mass is 9.93. The molecule has 9 nitrogen and oxygen atoms in total. The molecule has 0 bridgehead atoms. The molecule has 1 aliphatic heterocycles. The van der Waals surface area contributed by atoms with Gasteiger partial charge in [-0.1, -0.05) is 24.3 Å². The van der Waals surface area contributed by atoms with Gasteiger partial charge in [-0.15, -0.1) is 0 Å². The number of H-pyrrole nitrogens is 1. The summed E-state index contributed by atoms with van der Waals surface area (Å²) >= 11 is 0. The van der Waals surface area contributed by atoms with Crippen molar-refractivity contribution in [2.24, 2.45) is 5.92 Å². The minimum atomic E-state index is -1.46. The predicted molar refractivity (Wildman–Crippen MR) is 138 cm³/mol. The van der Waals surface area contributed by atoms with Crippen LogP contribution >= 0.6 is 0 Å². The molecule has 3 aromatic rings. The number of amides is 3. The van der Waals surface area contributed by atoms with Crippen molar-refractivity contribution in [1.29, 1.82) is 0 Å². The van der Waals surface area contributed by atoms with Gasteiger partial charge < -0.3 is 9.64 Å². The summed E-state index contributed by atoms with van der Waals surface area (Å²) in [5, 5.41) is 6.47. The minimum absolute atomic E-state index is 0.0857. The monoisotopic (exact) mass is 530 g/mol. The molecule has 6 rings (SSSR count). The normalized spacial score (nSPS) is 20.7. The molecular formula is C29H27FN4O5. The van der Waals surface area contributed by atoms with Crippen LogP contribution in [0.25, 0.3) is 11.3 Å². The Morgan fingerprint density at radius 1 is 1.15 bits per heavy atom. The zero-order valence-electron chi connectivity index (χ0n) is 21.4. The SMILES string of the molecule is C[C@@H](C1CC1)N(Cc1ccc(F)cc1)C(=O)CN1C(=O)O[C@@]2(CCc3cc(-c4ccc(=O)[nH]n4)ccc32)C1=O. The van der Waals surface area contributed by atoms with Crippen molar-refractivity contribution in [3.8, 4) is 11.3 Å². The third-order valence-electron chi connectivity index (χ3n) is 8.01. The molecule has 0 unspecified atom stereocenters. The standard InChI is InChI=1S/C29H27FN4O5/c1-17(19-4-5-19)33(15-18-2-7-22(30)8-3-18)26(36)16-34-27(37)29(39-28(34)38)13-12-20-14-21(6-9-23(20)29)24-10-11-25(35)32-31-24/h2-3,6-11,14,17,19H,4-5,12-13,15-16H2,1H3,(H,32,35)/t17-,29+/m0/s1. The highest BCUT2D eigenvalue weighted by Gasteiger charge is 2.58. The van der Waals surface area contributed by atoms with Crippen LogP contribution in [0.5, 0.6) is 0 Å². The first-order valence-electron chi connectivity index (χ1n) is 13.0. The van der Waals surface area contributed by atoms with E-state index in [0.29, 0.717) is 23.6 Å². The number of ether oxygens (including phenoxy) is 1. The number of aromatic amines is 1. The van der Waals surface area contributed by atoms with Crippen LogP contribution in [-0.2, 0) is 32.9 Å². The van der Waals surface area contributed by atoms with Crippen LogP contribution in [0, 0.1) is 11.7 Å². The number of aryl methyl sites for hydroxylation is 1. The lowest BCUT2D eigenvalue weighted by Gasteiger charge is -2.30. The van der Waals surface area contributed by atoms with E-state index >= 15 is 0 Å². The van der Waals surface area contributed by atoms with Gasteiger partial charge in [0.15, 0.2) is 0 Å². The second-order valence-electron chi connectivity index (χ2n) is 10.5. The van der Waals surface area contributed by atoms with Crippen molar-refractivity contribution >= 4 is 17.9 Å². The Kier molecular flexibility index (Phi) is 6.05. The van der Waals surface area contributed by atoms with Crippen LogP contribution in [0.3, 0.4) is 0 Å². The molecule has 3 amide bonds. The zero-order valence-corrected chi connectivity index (χ0v) is 21.4. The third kappa shape index (κ3) is 4.49. The highest BCUT2D eigenvalue weighted by atomic mass is 19.1. The van der Waals surface area contributed by atoms with E-state index < -0.39 is 24.1 Å². The fraction of sp³-hybridized carbons (Fsp3) is 0.345. The summed E-state index contributed by atoms with van der Waals surface area (Å²) in [4.78, 5) is 54.1. The molecule has 1 spiro atoms. The van der Waals surface area contributed by atoms with Crippen molar-refractivity contribution in [2.75, 3.05) is 6.54 Å². The van der Waals surface area contributed by atoms with Crippen molar-refractivity contribution in [3.63, 3.8) is 0 Å². The van der Waals surface area contributed by atoms with E-state index in [1.165, 1.54) is 18.2 Å². The van der Waals surface area contributed by atoms with E-state index in [1.807, 2.05) is 13.0 Å². The number of hydrogen-bond acceptors (Lipinski definition) is 6. The second kappa shape index (κ2) is 9.44. The first-order valence-corrected chi connectivity index (χ1v) is 13.0. The fourth-order valence-electron chi connectivity index (χ4n) is 5.62. The van der Waals surface area contributed by atoms with E-state index in [4.69, 9.17) is 4.74 Å². The number of fused-ring (bicyclic) bond motifs is 2. The third-order valence-corrected chi connectivity index (χ3v) is 8.01. The van der Waals surface area contributed by atoms with Gasteiger partial charge in [0, 0.05) is 36.2 Å². The zero-order chi connectivity index (χ0) is 27.3. The maximum atomic E-state index is 13.7. The lowest BCUT2D eigenvalue weighted by Crippen LogP contribution is -2.47. The molecule has 2 atom stereocenters. The maximum absolute atomic E-state index is 13.7. The van der Waals surface area contributed by atoms with Gasteiger partial charge in [-0.2, -0.15) is 5.10 Å². The van der Waals surface area contributed by atoms with Crippen LogP contribution < -0.4 is 5.56 Å². The molecule has 200 valence electrons. The van der Waals surface area contributed by atoms with Gasteiger partial charge in [0.2, 0.25) is 11.5 Å². The molecule has 2 aliphatic carbocycles. The molecule has 1 N–H and O–H groups in total. The predicted octanol–water partition coefficient (Wildman–Crippen LogP) is 3.52. The smallest absolute Gasteiger partial charge is 0.418 e. The number of benzene rings is 2. The molecule has 0 radical (unpaired) electrons. The summed E-state index contributed by atoms with van der Waals surface area (Å²) in [6, 6.07) is 14.3. The van der Waals surface area contributed by atoms with Gasteiger partial charge >= 0.3 is 6.09 Å². The second-order valence-corrected chi connectivity index (χ2v) is 10.5. The summed E-state index contributed by atoms with van der Waals surface area (Å²) in [5.41, 5.74) is 1.77. The lowest BCUT2D eigenvalue weighted by molar-refractivity contribution is -0.143. The van der Waals surface area contributed by atoms with E-state index in [2.05, 4.69) is 10.2 Å². The van der Waals surface area contributed by atoms with Crippen LogP contribution in [0.2, 0.25) is 0 Å². The number of imide groups is 1. The Balaban J connectivity index is 1.23. The van der Waals surface area contributed by atoms with Gasteiger partial charge in [-0.05, 0) is 67.5 Å². The number of halogens is 1. The molecule has 39 heavy (non-hydrogen) atoms. The van der Waals surface area contributed by atoms with Crippen molar-refractivity contribution in [3.05, 3.63) is 87.5 Å². The average molecular weight is 531 g/mol. The van der Waals surface area contributed by atoms with Gasteiger partial charge in [0.05, 0.1) is 5.69 Å². The molecule has 3 aliphatic rings. The fourth-order valence-corrected chi connectivity index (χ4v) is 5.62. The molecule has 1 aromatic heterocycles. The summed E-state index contributed by atoms with van der Waals surface area (Å²) in [6.45, 7) is 1.79. The summed E-state index contributed by atoms with van der Waals surface area (Å²) < 4.78 is 19.1. The first kappa shape index (κ1) is 25.0. The minimum Gasteiger partial charge on any atom is -0.427 e. The number of aromatic nitrogens is 2. The Morgan fingerprint density at radius 3 is 2.62 bits per heavy atom. The average Bonchev–Trinajstić information content (AvgIpc) is 3.68. The van der Waals surface area contributed by atoms with Crippen LogP contribution in [-0.4, -0.2) is 50.5 Å². The summed E-state index contributed by atoms with van der Waals surface area (Å²) in [5.74, 6) is -0.912. The van der Waals surface area contributed by atoms with Crippen molar-refractivity contribution < 1.29 is 23.5 Å². The van der Waals surface area contributed by atoms with E-state index in [-0.39, 0.29) is 36.3 Å². The number of nitrogens with one attached hydrogen (secondary N) is 1. The first-order chi connectivity index (χ1) is 18.7. The Hall–Kier alpha value is -4.34. The molecule has 1 saturated carbocycles. The largest absolute Gasteiger partial charge is 0.427 e.